The van der Waals surface area contributed by atoms with Crippen molar-refractivity contribution in [1.29, 1.82) is 0 Å². The van der Waals surface area contributed by atoms with Crippen LogP contribution in [-0.4, -0.2) is 51.6 Å². The van der Waals surface area contributed by atoms with Crippen LogP contribution in [0.3, 0.4) is 0 Å². The Morgan fingerprint density at radius 3 is 2.53 bits per heavy atom. The molecule has 0 radical (unpaired) electrons. The minimum atomic E-state index is -1.01. The van der Waals surface area contributed by atoms with E-state index in [4.69, 9.17) is 0 Å². The van der Waals surface area contributed by atoms with E-state index in [0.29, 0.717) is 13.0 Å². The molecule has 0 spiro atoms. The summed E-state index contributed by atoms with van der Waals surface area (Å²) >= 11 is 0. The number of carboxylic acid groups (broad SMARTS) is 1. The quantitative estimate of drug-likeness (QED) is 0.857. The molecule has 1 N–H and O–H groups in total. The third-order valence-corrected chi connectivity index (χ3v) is 3.49. The minimum Gasteiger partial charge on any atom is -0.465 e. The highest BCUT2D eigenvalue weighted by Gasteiger charge is 2.39. The summed E-state index contributed by atoms with van der Waals surface area (Å²) in [6.45, 7) is 9.01. The second-order valence-electron chi connectivity index (χ2n) is 6.16. The van der Waals surface area contributed by atoms with E-state index in [1.54, 1.807) is 0 Å². The predicted molar refractivity (Wildman–Crippen MR) is 74.1 cm³/mol. The number of hydrogen-bond acceptors (Lipinski definition) is 2. The summed E-state index contributed by atoms with van der Waals surface area (Å²) in [7, 11) is 0. The van der Waals surface area contributed by atoms with Crippen LogP contribution >= 0.6 is 0 Å². The largest absolute Gasteiger partial charge is 0.465 e. The third kappa shape index (κ3) is 3.85. The molecule has 1 aliphatic heterocycles. The number of hydrogen-bond donors (Lipinski definition) is 1. The maximum absolute atomic E-state index is 12.5. The van der Waals surface area contributed by atoms with Gasteiger partial charge in [-0.15, -0.1) is 0 Å². The lowest BCUT2D eigenvalue weighted by atomic mass is 10.00. The van der Waals surface area contributed by atoms with Gasteiger partial charge in [-0.05, 0) is 46.5 Å². The van der Waals surface area contributed by atoms with Crippen LogP contribution in [0.5, 0.6) is 0 Å². The van der Waals surface area contributed by atoms with Crippen molar-refractivity contribution in [1.82, 2.24) is 9.80 Å². The molecule has 1 fully saturated rings. The minimum absolute atomic E-state index is 0.0309. The highest BCUT2D eigenvalue weighted by molar-refractivity contribution is 5.86. The summed E-state index contributed by atoms with van der Waals surface area (Å²) in [6, 6.07) is -0.536. The smallest absolute Gasteiger partial charge is 0.408 e. The first-order valence-electron chi connectivity index (χ1n) is 7.10. The van der Waals surface area contributed by atoms with Crippen molar-refractivity contribution in [2.45, 2.75) is 65.0 Å². The fourth-order valence-electron chi connectivity index (χ4n) is 2.70. The first-order valence-corrected chi connectivity index (χ1v) is 7.10. The van der Waals surface area contributed by atoms with Gasteiger partial charge in [0, 0.05) is 18.6 Å². The summed E-state index contributed by atoms with van der Waals surface area (Å²) in [5.74, 6) is -0.0309. The fraction of sp³-hybridized carbons (Fsp3) is 0.857. The van der Waals surface area contributed by atoms with Crippen LogP contribution in [0.4, 0.5) is 4.79 Å². The van der Waals surface area contributed by atoms with Gasteiger partial charge in [-0.1, -0.05) is 6.92 Å². The van der Waals surface area contributed by atoms with E-state index in [2.05, 4.69) is 0 Å². The summed E-state index contributed by atoms with van der Waals surface area (Å²) < 4.78 is 0. The number of rotatable bonds is 3. The molecule has 2 amide bonds. The Labute approximate surface area is 115 Å². The molecule has 1 rings (SSSR count). The zero-order valence-corrected chi connectivity index (χ0v) is 12.5. The molecular weight excluding hydrogens is 244 g/mol. The molecule has 1 atom stereocenters. The molecule has 5 nitrogen and oxygen atoms in total. The van der Waals surface area contributed by atoms with Gasteiger partial charge in [-0.3, -0.25) is 9.69 Å². The lowest BCUT2D eigenvalue weighted by Crippen LogP contribution is -2.56. The lowest BCUT2D eigenvalue weighted by molar-refractivity contribution is -0.137. The molecule has 19 heavy (non-hydrogen) atoms. The maximum atomic E-state index is 12.5. The number of carbonyl (C=O) groups excluding carboxylic acids is 1. The Hall–Kier alpha value is -1.26. The maximum Gasteiger partial charge on any atom is 0.408 e. The van der Waals surface area contributed by atoms with Gasteiger partial charge in [-0.25, -0.2) is 4.79 Å². The number of carbonyl (C=O) groups is 2. The fourth-order valence-corrected chi connectivity index (χ4v) is 2.70. The summed E-state index contributed by atoms with van der Waals surface area (Å²) in [5.41, 5.74) is -0.561. The number of nitrogens with zero attached hydrogens (tertiary/aromatic N) is 2. The average molecular weight is 270 g/mol. The molecule has 0 unspecified atom stereocenters. The van der Waals surface area contributed by atoms with Crippen LogP contribution in [0.1, 0.15) is 53.4 Å². The van der Waals surface area contributed by atoms with Gasteiger partial charge in [0.25, 0.3) is 0 Å². The topological polar surface area (TPSA) is 60.9 Å². The molecule has 1 aliphatic rings. The predicted octanol–water partition coefficient (Wildman–Crippen LogP) is 2.56. The van der Waals surface area contributed by atoms with Gasteiger partial charge >= 0.3 is 6.09 Å². The second kappa shape index (κ2) is 6.26. The first-order chi connectivity index (χ1) is 8.79. The average Bonchev–Trinajstić information content (AvgIpc) is 2.42. The number of likely N-dealkylation sites (tertiary alicyclic amines) is 1. The van der Waals surface area contributed by atoms with Gasteiger partial charge < -0.3 is 10.0 Å². The SMILES string of the molecule is CCCN1CCCC[C@@H](N(C(=O)O)C(C)(C)C)C1=O. The molecule has 5 heteroatoms. The van der Waals surface area contributed by atoms with Crippen LogP contribution in [0.25, 0.3) is 0 Å². The van der Waals surface area contributed by atoms with Gasteiger partial charge in [0.2, 0.25) is 5.91 Å². The van der Waals surface area contributed by atoms with Crippen molar-refractivity contribution in [2.75, 3.05) is 13.1 Å². The van der Waals surface area contributed by atoms with Crippen LogP contribution in [-0.2, 0) is 4.79 Å². The van der Waals surface area contributed by atoms with E-state index >= 15 is 0 Å². The Kier molecular flexibility index (Phi) is 5.20. The first kappa shape index (κ1) is 15.8. The van der Waals surface area contributed by atoms with Crippen LogP contribution < -0.4 is 0 Å². The Morgan fingerprint density at radius 1 is 1.42 bits per heavy atom. The van der Waals surface area contributed by atoms with Gasteiger partial charge in [0.05, 0.1) is 0 Å². The summed E-state index contributed by atoms with van der Waals surface area (Å²) in [4.78, 5) is 27.2. The van der Waals surface area contributed by atoms with Crippen molar-refractivity contribution in [2.24, 2.45) is 0 Å². The summed E-state index contributed by atoms with van der Waals surface area (Å²) in [6.07, 6.45) is 2.38. The zero-order valence-electron chi connectivity index (χ0n) is 12.5. The third-order valence-electron chi connectivity index (χ3n) is 3.49. The van der Waals surface area contributed by atoms with E-state index in [1.165, 1.54) is 4.90 Å². The Bertz CT molecular complexity index is 336. The summed E-state index contributed by atoms with van der Waals surface area (Å²) in [5, 5.41) is 9.44. The molecular formula is C14H26N2O3. The normalized spacial score (nSPS) is 21.2. The second-order valence-corrected chi connectivity index (χ2v) is 6.16. The highest BCUT2D eigenvalue weighted by Crippen LogP contribution is 2.24. The molecule has 110 valence electrons. The van der Waals surface area contributed by atoms with E-state index in [-0.39, 0.29) is 5.91 Å². The molecule has 1 heterocycles. The van der Waals surface area contributed by atoms with E-state index in [9.17, 15) is 14.7 Å². The van der Waals surface area contributed by atoms with Crippen LogP contribution in [0, 0.1) is 0 Å². The van der Waals surface area contributed by atoms with Crippen molar-refractivity contribution in [3.8, 4) is 0 Å². The van der Waals surface area contributed by atoms with Crippen LogP contribution in [0.2, 0.25) is 0 Å². The molecule has 1 saturated heterocycles. The van der Waals surface area contributed by atoms with Crippen molar-refractivity contribution < 1.29 is 14.7 Å². The Morgan fingerprint density at radius 2 is 2.05 bits per heavy atom. The molecule has 0 aliphatic carbocycles. The standard InChI is InChI=1S/C14H26N2O3/c1-5-9-15-10-7-6-8-11(12(15)17)16(13(18)19)14(2,3)4/h11H,5-10H2,1-4H3,(H,18,19)/t11-/m1/s1. The van der Waals surface area contributed by atoms with Crippen LogP contribution in [0.15, 0.2) is 0 Å². The molecule has 0 saturated carbocycles. The van der Waals surface area contributed by atoms with Gasteiger partial charge in [-0.2, -0.15) is 0 Å². The van der Waals surface area contributed by atoms with E-state index in [1.807, 2.05) is 32.6 Å². The van der Waals surface area contributed by atoms with Crippen molar-refractivity contribution in [3.05, 3.63) is 0 Å². The van der Waals surface area contributed by atoms with E-state index < -0.39 is 17.7 Å². The molecule has 0 aromatic heterocycles. The van der Waals surface area contributed by atoms with Crippen molar-refractivity contribution >= 4 is 12.0 Å². The Balaban J connectivity index is 2.99. The van der Waals surface area contributed by atoms with E-state index in [0.717, 1.165) is 25.8 Å². The number of amides is 2. The van der Waals surface area contributed by atoms with Gasteiger partial charge in [0.1, 0.15) is 6.04 Å². The van der Waals surface area contributed by atoms with Crippen molar-refractivity contribution in [3.63, 3.8) is 0 Å². The molecule has 0 aromatic rings. The van der Waals surface area contributed by atoms with Gasteiger partial charge in [0.15, 0.2) is 0 Å². The monoisotopic (exact) mass is 270 g/mol. The zero-order chi connectivity index (χ0) is 14.6. The highest BCUT2D eigenvalue weighted by atomic mass is 16.4. The molecule has 0 bridgehead atoms. The lowest BCUT2D eigenvalue weighted by Gasteiger charge is -2.39. The molecule has 0 aromatic carbocycles.